The molecular weight excluding hydrogens is 222 g/mol. The number of aromatic amines is 1. The van der Waals surface area contributed by atoms with Gasteiger partial charge in [-0.25, -0.2) is 0 Å². The first-order valence-electron chi connectivity index (χ1n) is 5.94. The van der Waals surface area contributed by atoms with Crippen molar-refractivity contribution in [1.29, 1.82) is 0 Å². The summed E-state index contributed by atoms with van der Waals surface area (Å²) in [5, 5.41) is 2.39. The van der Waals surface area contributed by atoms with E-state index in [-0.39, 0.29) is 5.56 Å². The number of hydrogen-bond donors (Lipinski definition) is 1. The van der Waals surface area contributed by atoms with Crippen molar-refractivity contribution in [2.75, 3.05) is 0 Å². The second-order valence-corrected chi connectivity index (χ2v) is 4.40. The van der Waals surface area contributed by atoms with Gasteiger partial charge in [0.1, 0.15) is 0 Å². The van der Waals surface area contributed by atoms with Crippen LogP contribution >= 0.6 is 0 Å². The van der Waals surface area contributed by atoms with E-state index in [1.165, 1.54) is 22.4 Å². The number of pyridine rings is 1. The monoisotopic (exact) mass is 235 g/mol. The molecule has 0 atom stereocenters. The van der Waals surface area contributed by atoms with Crippen LogP contribution in [0, 0.1) is 6.92 Å². The molecule has 0 spiro atoms. The highest BCUT2D eigenvalue weighted by atomic mass is 16.1. The van der Waals surface area contributed by atoms with Crippen LogP contribution in [0.25, 0.3) is 22.0 Å². The lowest BCUT2D eigenvalue weighted by atomic mass is 9.98. The number of nitrogens with one attached hydrogen (secondary N) is 1. The summed E-state index contributed by atoms with van der Waals surface area (Å²) in [4.78, 5) is 14.3. The van der Waals surface area contributed by atoms with Crippen LogP contribution in [-0.4, -0.2) is 4.98 Å². The zero-order chi connectivity index (χ0) is 12.5. The summed E-state index contributed by atoms with van der Waals surface area (Å²) >= 11 is 0. The third-order valence-electron chi connectivity index (χ3n) is 3.20. The minimum Gasteiger partial charge on any atom is -0.322 e. The number of aromatic nitrogens is 1. The van der Waals surface area contributed by atoms with Gasteiger partial charge in [0.25, 0.3) is 0 Å². The van der Waals surface area contributed by atoms with Gasteiger partial charge in [-0.2, -0.15) is 0 Å². The van der Waals surface area contributed by atoms with Crippen LogP contribution in [0.3, 0.4) is 0 Å². The Balaban J connectivity index is 2.37. The van der Waals surface area contributed by atoms with E-state index in [9.17, 15) is 4.79 Å². The summed E-state index contributed by atoms with van der Waals surface area (Å²) in [6.07, 6.45) is 0. The lowest BCUT2D eigenvalue weighted by molar-refractivity contribution is 1.24. The van der Waals surface area contributed by atoms with E-state index in [2.05, 4.69) is 36.2 Å². The van der Waals surface area contributed by atoms with Gasteiger partial charge in [0.15, 0.2) is 0 Å². The van der Waals surface area contributed by atoms with Crippen LogP contribution in [0.1, 0.15) is 5.56 Å². The Bertz CT molecular complexity index is 771. The third-order valence-corrected chi connectivity index (χ3v) is 3.20. The largest absolute Gasteiger partial charge is 0.322 e. The van der Waals surface area contributed by atoms with Crippen molar-refractivity contribution in [2.24, 2.45) is 0 Å². The Labute approximate surface area is 105 Å². The Hall–Kier alpha value is -2.35. The molecule has 1 N–H and O–H groups in total. The van der Waals surface area contributed by atoms with Crippen molar-refractivity contribution in [3.8, 4) is 11.3 Å². The Morgan fingerprint density at radius 1 is 0.833 bits per heavy atom. The summed E-state index contributed by atoms with van der Waals surface area (Å²) in [5.74, 6) is 0. The van der Waals surface area contributed by atoms with Gasteiger partial charge in [-0.1, -0.05) is 42.5 Å². The van der Waals surface area contributed by atoms with Gasteiger partial charge in [0.05, 0.1) is 0 Å². The molecule has 0 amide bonds. The number of hydrogen-bond acceptors (Lipinski definition) is 1. The molecule has 2 nitrogen and oxygen atoms in total. The Kier molecular flexibility index (Phi) is 2.49. The molecule has 0 saturated heterocycles. The second kappa shape index (κ2) is 4.15. The highest BCUT2D eigenvalue weighted by molar-refractivity contribution is 5.97. The zero-order valence-electron chi connectivity index (χ0n) is 10.1. The molecular formula is C16H13NO. The van der Waals surface area contributed by atoms with Crippen molar-refractivity contribution in [3.63, 3.8) is 0 Å². The minimum atomic E-state index is -0.0721. The number of fused-ring (bicyclic) bond motifs is 1. The van der Waals surface area contributed by atoms with Gasteiger partial charge < -0.3 is 4.98 Å². The molecule has 0 aliphatic rings. The van der Waals surface area contributed by atoms with E-state index < -0.39 is 0 Å². The van der Waals surface area contributed by atoms with E-state index in [4.69, 9.17) is 0 Å². The lowest BCUT2D eigenvalue weighted by Gasteiger charge is -2.08. The quantitative estimate of drug-likeness (QED) is 0.688. The maximum absolute atomic E-state index is 11.4. The maximum atomic E-state index is 11.4. The molecule has 3 rings (SSSR count). The number of rotatable bonds is 1. The van der Waals surface area contributed by atoms with E-state index >= 15 is 0 Å². The molecule has 0 aliphatic heterocycles. The van der Waals surface area contributed by atoms with Crippen LogP contribution in [0.15, 0.2) is 59.4 Å². The summed E-state index contributed by atoms with van der Waals surface area (Å²) < 4.78 is 0. The van der Waals surface area contributed by atoms with Crippen molar-refractivity contribution in [2.45, 2.75) is 6.92 Å². The number of H-pyrrole nitrogens is 1. The first-order valence-corrected chi connectivity index (χ1v) is 5.94. The summed E-state index contributed by atoms with van der Waals surface area (Å²) in [6, 6.07) is 17.6. The van der Waals surface area contributed by atoms with Crippen LogP contribution in [0.2, 0.25) is 0 Å². The molecule has 1 heterocycles. The van der Waals surface area contributed by atoms with Gasteiger partial charge in [-0.3, -0.25) is 4.79 Å². The van der Waals surface area contributed by atoms with Crippen LogP contribution in [-0.2, 0) is 0 Å². The third kappa shape index (κ3) is 1.72. The molecule has 0 fully saturated rings. The standard InChI is InChI=1S/C16H13NO/c1-11-9-10-14(13-6-3-2-5-12(11)13)15-7-4-8-16(18)17-15/h2-10H,1H3,(H,17,18). The van der Waals surface area contributed by atoms with Crippen LogP contribution in [0.5, 0.6) is 0 Å². The fourth-order valence-electron chi connectivity index (χ4n) is 2.29. The molecule has 3 aromatic rings. The summed E-state index contributed by atoms with van der Waals surface area (Å²) in [7, 11) is 0. The van der Waals surface area contributed by atoms with E-state index in [1.54, 1.807) is 6.07 Å². The highest BCUT2D eigenvalue weighted by Gasteiger charge is 2.05. The molecule has 2 aromatic carbocycles. The fraction of sp³-hybridized carbons (Fsp3) is 0.0625. The molecule has 88 valence electrons. The normalized spacial score (nSPS) is 10.7. The molecule has 0 aliphatic carbocycles. The van der Waals surface area contributed by atoms with Crippen molar-refractivity contribution >= 4 is 10.8 Å². The average Bonchev–Trinajstić information content (AvgIpc) is 2.39. The molecule has 2 heteroatoms. The number of aryl methyl sites for hydroxylation is 1. The first-order chi connectivity index (χ1) is 8.75. The van der Waals surface area contributed by atoms with Crippen molar-refractivity contribution < 1.29 is 0 Å². The molecule has 0 bridgehead atoms. The molecule has 1 aromatic heterocycles. The summed E-state index contributed by atoms with van der Waals surface area (Å²) in [5.41, 5.74) is 3.09. The Morgan fingerprint density at radius 3 is 2.39 bits per heavy atom. The van der Waals surface area contributed by atoms with Gasteiger partial charge in [0, 0.05) is 17.3 Å². The minimum absolute atomic E-state index is 0.0721. The second-order valence-electron chi connectivity index (χ2n) is 4.40. The van der Waals surface area contributed by atoms with Gasteiger partial charge in [0.2, 0.25) is 5.56 Å². The Morgan fingerprint density at radius 2 is 1.61 bits per heavy atom. The predicted octanol–water partition coefficient (Wildman–Crippen LogP) is 3.50. The van der Waals surface area contributed by atoms with Crippen LogP contribution < -0.4 is 5.56 Å². The average molecular weight is 235 g/mol. The van der Waals surface area contributed by atoms with Crippen LogP contribution in [0.4, 0.5) is 0 Å². The van der Waals surface area contributed by atoms with E-state index in [0.29, 0.717) is 0 Å². The van der Waals surface area contributed by atoms with E-state index in [0.717, 1.165) is 11.3 Å². The van der Waals surface area contributed by atoms with E-state index in [1.807, 2.05) is 18.2 Å². The van der Waals surface area contributed by atoms with Crippen molar-refractivity contribution in [1.82, 2.24) is 4.98 Å². The smallest absolute Gasteiger partial charge is 0.248 e. The predicted molar refractivity (Wildman–Crippen MR) is 74.7 cm³/mol. The van der Waals surface area contributed by atoms with Gasteiger partial charge >= 0.3 is 0 Å². The topological polar surface area (TPSA) is 32.9 Å². The SMILES string of the molecule is Cc1ccc(-c2cccc(=O)[nH]2)c2ccccc12. The molecule has 0 saturated carbocycles. The fourth-order valence-corrected chi connectivity index (χ4v) is 2.29. The highest BCUT2D eigenvalue weighted by Crippen LogP contribution is 2.28. The maximum Gasteiger partial charge on any atom is 0.248 e. The zero-order valence-corrected chi connectivity index (χ0v) is 10.1. The molecule has 18 heavy (non-hydrogen) atoms. The van der Waals surface area contributed by atoms with Gasteiger partial charge in [-0.05, 0) is 29.3 Å². The summed E-state index contributed by atoms with van der Waals surface area (Å²) in [6.45, 7) is 2.10. The van der Waals surface area contributed by atoms with Crippen molar-refractivity contribution in [3.05, 3.63) is 70.5 Å². The first kappa shape index (κ1) is 10.8. The molecule has 0 radical (unpaired) electrons. The number of benzene rings is 2. The molecule has 0 unspecified atom stereocenters. The lowest BCUT2D eigenvalue weighted by Crippen LogP contribution is -2.03. The van der Waals surface area contributed by atoms with Gasteiger partial charge in [-0.15, -0.1) is 0 Å².